The molecule has 4 rings (SSSR count). The molecule has 1 saturated carbocycles. The maximum absolute atomic E-state index is 9.36. The molecule has 0 amide bonds. The van der Waals surface area contributed by atoms with Gasteiger partial charge in [0.15, 0.2) is 5.82 Å². The van der Waals surface area contributed by atoms with Crippen molar-refractivity contribution in [2.24, 2.45) is 11.8 Å². The van der Waals surface area contributed by atoms with Gasteiger partial charge in [0.1, 0.15) is 5.82 Å². The first-order valence-corrected chi connectivity index (χ1v) is 12.5. The predicted octanol–water partition coefficient (Wildman–Crippen LogP) is 4.38. The van der Waals surface area contributed by atoms with Crippen molar-refractivity contribution in [3.63, 3.8) is 0 Å². The Hall–Kier alpha value is -2.93. The number of hydrogen-bond donors (Lipinski definition) is 4. The van der Waals surface area contributed by atoms with Crippen molar-refractivity contribution < 1.29 is 5.11 Å². The van der Waals surface area contributed by atoms with E-state index in [4.69, 9.17) is 26.8 Å². The summed E-state index contributed by atoms with van der Waals surface area (Å²) in [6.45, 7) is 3.86. The lowest BCUT2D eigenvalue weighted by Gasteiger charge is -2.31. The van der Waals surface area contributed by atoms with Crippen molar-refractivity contribution >= 4 is 40.1 Å². The molecule has 186 valence electrons. The lowest BCUT2D eigenvalue weighted by atomic mass is 9.97. The standard InChI is InChI=1S/C25H33ClN8O/c1-16-4-5-17(14-28-9-3-8-27)11-20(10-16)34(2)25-29-22-12-18(26)6-7-21(22)24(31-25)30-23-13-19(15-35)32-33-23/h6-7,12-13,16-17,20,28,35H,3-5,9-11,14-15H2,1-2H3,(H2,29,30,31,32,33)/t16?,17?,20-/m0/s1. The zero-order valence-electron chi connectivity index (χ0n) is 20.3. The number of nitrogens with one attached hydrogen (secondary N) is 3. The number of anilines is 3. The third kappa shape index (κ3) is 6.40. The minimum atomic E-state index is -0.116. The van der Waals surface area contributed by atoms with Crippen molar-refractivity contribution in [3.05, 3.63) is 35.0 Å². The summed E-state index contributed by atoms with van der Waals surface area (Å²) in [4.78, 5) is 12.0. The summed E-state index contributed by atoms with van der Waals surface area (Å²) in [6, 6.07) is 9.82. The molecular weight excluding hydrogens is 464 g/mol. The van der Waals surface area contributed by atoms with Crippen LogP contribution < -0.4 is 15.5 Å². The van der Waals surface area contributed by atoms with Gasteiger partial charge < -0.3 is 20.6 Å². The van der Waals surface area contributed by atoms with E-state index in [0.717, 1.165) is 36.8 Å². The van der Waals surface area contributed by atoms with Crippen LogP contribution in [-0.2, 0) is 6.61 Å². The van der Waals surface area contributed by atoms with Gasteiger partial charge in [-0.05, 0) is 55.8 Å². The first-order valence-electron chi connectivity index (χ1n) is 12.2. The molecule has 3 atom stereocenters. The summed E-state index contributed by atoms with van der Waals surface area (Å²) in [6.07, 6.45) is 5.02. The monoisotopic (exact) mass is 496 g/mol. The number of halogens is 1. The molecule has 0 bridgehead atoms. The second kappa shape index (κ2) is 11.7. The van der Waals surface area contributed by atoms with Gasteiger partial charge in [-0.3, -0.25) is 5.10 Å². The molecule has 0 aliphatic heterocycles. The number of rotatable bonds is 9. The summed E-state index contributed by atoms with van der Waals surface area (Å²) in [5, 5.41) is 33.4. The second-order valence-corrected chi connectivity index (χ2v) is 9.93. The first kappa shape index (κ1) is 25.2. The molecular formula is C25H33ClN8O. The van der Waals surface area contributed by atoms with Gasteiger partial charge in [0, 0.05) is 42.5 Å². The number of aromatic nitrogens is 4. The Balaban J connectivity index is 1.61. The highest BCUT2D eigenvalue weighted by molar-refractivity contribution is 6.31. The minimum absolute atomic E-state index is 0.116. The highest BCUT2D eigenvalue weighted by Gasteiger charge is 2.28. The van der Waals surface area contributed by atoms with Crippen LogP contribution >= 0.6 is 11.6 Å². The number of benzene rings is 1. The largest absolute Gasteiger partial charge is 0.390 e. The Morgan fingerprint density at radius 1 is 1.26 bits per heavy atom. The molecule has 0 saturated heterocycles. The number of H-pyrrole nitrogens is 1. The number of nitriles is 1. The Kier molecular flexibility index (Phi) is 8.39. The fourth-order valence-corrected chi connectivity index (χ4v) is 4.95. The van der Waals surface area contributed by atoms with Gasteiger partial charge in [0.25, 0.3) is 0 Å². The van der Waals surface area contributed by atoms with Crippen LogP contribution in [0, 0.1) is 23.2 Å². The minimum Gasteiger partial charge on any atom is -0.390 e. The number of aromatic amines is 1. The van der Waals surface area contributed by atoms with E-state index < -0.39 is 0 Å². The third-order valence-corrected chi connectivity index (χ3v) is 6.99. The van der Waals surface area contributed by atoms with E-state index in [2.05, 4.69) is 45.8 Å². The van der Waals surface area contributed by atoms with Gasteiger partial charge in [-0.15, -0.1) is 0 Å². The molecule has 1 aliphatic rings. The average molecular weight is 497 g/mol. The Morgan fingerprint density at radius 2 is 2.11 bits per heavy atom. The highest BCUT2D eigenvalue weighted by atomic mass is 35.5. The molecule has 10 heteroatoms. The first-order chi connectivity index (χ1) is 17.0. The summed E-state index contributed by atoms with van der Waals surface area (Å²) in [7, 11) is 2.07. The van der Waals surface area contributed by atoms with E-state index >= 15 is 0 Å². The smallest absolute Gasteiger partial charge is 0.227 e. The number of nitrogens with zero attached hydrogens (tertiary/aromatic N) is 5. The molecule has 0 radical (unpaired) electrons. The third-order valence-electron chi connectivity index (χ3n) is 6.75. The van der Waals surface area contributed by atoms with E-state index in [9.17, 15) is 5.11 Å². The molecule has 2 heterocycles. The van der Waals surface area contributed by atoms with Gasteiger partial charge in [-0.1, -0.05) is 24.9 Å². The Labute approximate surface area is 210 Å². The van der Waals surface area contributed by atoms with Crippen molar-refractivity contribution in [3.8, 4) is 6.07 Å². The Bertz CT molecular complexity index is 1180. The maximum Gasteiger partial charge on any atom is 0.227 e. The van der Waals surface area contributed by atoms with Crippen molar-refractivity contribution in [2.45, 2.75) is 51.7 Å². The summed E-state index contributed by atoms with van der Waals surface area (Å²) >= 11 is 6.30. The molecule has 3 aromatic rings. The van der Waals surface area contributed by atoms with E-state index in [-0.39, 0.29) is 6.61 Å². The van der Waals surface area contributed by atoms with Crippen LogP contribution in [0.5, 0.6) is 0 Å². The van der Waals surface area contributed by atoms with Crippen LogP contribution in [0.15, 0.2) is 24.3 Å². The van der Waals surface area contributed by atoms with Crippen LogP contribution in [-0.4, -0.2) is 51.5 Å². The molecule has 2 unspecified atom stereocenters. The van der Waals surface area contributed by atoms with E-state index in [0.29, 0.717) is 52.6 Å². The van der Waals surface area contributed by atoms with Crippen LogP contribution in [0.4, 0.5) is 17.6 Å². The van der Waals surface area contributed by atoms with Crippen LogP contribution in [0.25, 0.3) is 10.9 Å². The van der Waals surface area contributed by atoms with Crippen LogP contribution in [0.2, 0.25) is 5.02 Å². The van der Waals surface area contributed by atoms with Crippen LogP contribution in [0.3, 0.4) is 0 Å². The highest BCUT2D eigenvalue weighted by Crippen LogP contribution is 2.33. The van der Waals surface area contributed by atoms with Crippen molar-refractivity contribution in [1.82, 2.24) is 25.5 Å². The zero-order chi connectivity index (χ0) is 24.8. The molecule has 2 aromatic heterocycles. The Morgan fingerprint density at radius 3 is 2.89 bits per heavy atom. The zero-order valence-corrected chi connectivity index (χ0v) is 21.0. The summed E-state index contributed by atoms with van der Waals surface area (Å²) < 4.78 is 0. The number of hydrogen-bond acceptors (Lipinski definition) is 8. The number of aliphatic hydroxyl groups is 1. The number of fused-ring (bicyclic) bond motifs is 1. The summed E-state index contributed by atoms with van der Waals surface area (Å²) in [5.41, 5.74) is 1.37. The average Bonchev–Trinajstić information content (AvgIpc) is 3.22. The fraction of sp³-hybridized carbons (Fsp3) is 0.520. The normalized spacial score (nSPS) is 20.4. The lowest BCUT2D eigenvalue weighted by molar-refractivity contribution is 0.276. The molecule has 4 N–H and O–H groups in total. The maximum atomic E-state index is 9.36. The van der Waals surface area contributed by atoms with Crippen molar-refractivity contribution in [2.75, 3.05) is 30.4 Å². The van der Waals surface area contributed by atoms with Crippen LogP contribution in [0.1, 0.15) is 44.7 Å². The topological polar surface area (TPSA) is 126 Å². The van der Waals surface area contributed by atoms with Gasteiger partial charge in [0.2, 0.25) is 5.95 Å². The predicted molar refractivity (Wildman–Crippen MR) is 139 cm³/mol. The quantitative estimate of drug-likeness (QED) is 0.254. The SMILES string of the molecule is CC1CCC(CNCCC#N)C[C@@H](N(C)c2nc(Nc3cc(CO)[nH]n3)c3ccc(Cl)cc3n2)C1. The van der Waals surface area contributed by atoms with E-state index in [1.165, 1.54) is 12.8 Å². The molecule has 1 aliphatic carbocycles. The molecule has 9 nitrogen and oxygen atoms in total. The fourth-order valence-electron chi connectivity index (χ4n) is 4.79. The molecule has 1 fully saturated rings. The summed E-state index contributed by atoms with van der Waals surface area (Å²) in [5.74, 6) is 3.00. The van der Waals surface area contributed by atoms with E-state index in [1.807, 2.05) is 18.2 Å². The van der Waals surface area contributed by atoms with Gasteiger partial charge in [-0.25, -0.2) is 4.98 Å². The molecule has 1 aromatic carbocycles. The van der Waals surface area contributed by atoms with Crippen molar-refractivity contribution in [1.29, 1.82) is 5.26 Å². The van der Waals surface area contributed by atoms with E-state index in [1.54, 1.807) is 6.07 Å². The molecule has 35 heavy (non-hydrogen) atoms. The molecule has 0 spiro atoms. The van der Waals surface area contributed by atoms with Gasteiger partial charge >= 0.3 is 0 Å². The van der Waals surface area contributed by atoms with Gasteiger partial charge in [0.05, 0.1) is 23.9 Å². The second-order valence-electron chi connectivity index (χ2n) is 9.49. The lowest BCUT2D eigenvalue weighted by Crippen LogP contribution is -2.36. The number of aliphatic hydroxyl groups excluding tert-OH is 1. The van der Waals surface area contributed by atoms with Gasteiger partial charge in [-0.2, -0.15) is 15.3 Å².